The van der Waals surface area contributed by atoms with Crippen LogP contribution in [-0.2, 0) is 14.6 Å². The predicted molar refractivity (Wildman–Crippen MR) is 120 cm³/mol. The van der Waals surface area contributed by atoms with Crippen molar-refractivity contribution in [1.29, 1.82) is 0 Å². The van der Waals surface area contributed by atoms with Crippen molar-refractivity contribution in [2.24, 2.45) is 0 Å². The highest BCUT2D eigenvalue weighted by molar-refractivity contribution is 8.00. The Bertz CT molecular complexity index is 1170. The molecule has 1 aliphatic heterocycles. The van der Waals surface area contributed by atoms with Crippen LogP contribution < -0.4 is 10.6 Å². The number of nitrogens with zero attached hydrogens (tertiary/aromatic N) is 2. The molecular weight excluding hydrogens is 420 g/mol. The van der Waals surface area contributed by atoms with Gasteiger partial charge in [-0.05, 0) is 37.6 Å². The molecule has 1 aliphatic rings. The van der Waals surface area contributed by atoms with Gasteiger partial charge in [-0.25, -0.2) is 18.4 Å². The topological polar surface area (TPSA) is 101 Å². The maximum Gasteiger partial charge on any atom is 0.233 e. The molecule has 0 spiro atoms. The van der Waals surface area contributed by atoms with Crippen molar-refractivity contribution >= 4 is 49.9 Å². The van der Waals surface area contributed by atoms with E-state index in [1.54, 1.807) is 6.92 Å². The molecule has 1 aromatic heterocycles. The van der Waals surface area contributed by atoms with Gasteiger partial charge in [0.25, 0.3) is 0 Å². The van der Waals surface area contributed by atoms with Gasteiger partial charge in [0.2, 0.25) is 5.91 Å². The SMILES string of the molecule is C[C@H](Sc1nc(Nc2ccccc2)c2ccccc2n1)C(=O)N[C@@H]1CCS(=O)(=O)C1. The average molecular weight is 443 g/mol. The first-order valence-electron chi connectivity index (χ1n) is 9.66. The van der Waals surface area contributed by atoms with Crippen molar-refractivity contribution in [2.75, 3.05) is 16.8 Å². The molecule has 9 heteroatoms. The van der Waals surface area contributed by atoms with Crippen molar-refractivity contribution in [2.45, 2.75) is 29.8 Å². The fraction of sp³-hybridized carbons (Fsp3) is 0.286. The smallest absolute Gasteiger partial charge is 0.233 e. The van der Waals surface area contributed by atoms with Crippen LogP contribution >= 0.6 is 11.8 Å². The molecule has 0 bridgehead atoms. The number of carbonyl (C=O) groups is 1. The number of thioether (sulfide) groups is 1. The van der Waals surface area contributed by atoms with E-state index in [0.29, 0.717) is 17.4 Å². The van der Waals surface area contributed by atoms with Crippen LogP contribution in [0.2, 0.25) is 0 Å². The second-order valence-corrected chi connectivity index (χ2v) is 10.8. The van der Waals surface area contributed by atoms with Gasteiger partial charge in [-0.3, -0.25) is 4.79 Å². The first-order valence-corrected chi connectivity index (χ1v) is 12.4. The molecule has 2 heterocycles. The molecule has 0 radical (unpaired) electrons. The number of hydrogen-bond acceptors (Lipinski definition) is 7. The summed E-state index contributed by atoms with van der Waals surface area (Å²) in [6.45, 7) is 1.77. The number of hydrogen-bond donors (Lipinski definition) is 2. The third-order valence-electron chi connectivity index (χ3n) is 4.85. The molecule has 156 valence electrons. The molecule has 0 saturated carbocycles. The molecule has 0 unspecified atom stereocenters. The quantitative estimate of drug-likeness (QED) is 0.447. The standard InChI is InChI=1S/C21H22N4O3S2/c1-14(20(26)23-16-11-12-30(27,28)13-16)29-21-24-18-10-6-5-9-17(18)19(25-21)22-15-7-3-2-4-8-15/h2-10,14,16H,11-13H2,1H3,(H,23,26)(H,22,24,25)/t14-,16+/m0/s1. The van der Waals surface area contributed by atoms with Crippen molar-refractivity contribution in [3.8, 4) is 0 Å². The number of nitrogens with one attached hydrogen (secondary N) is 2. The van der Waals surface area contributed by atoms with Gasteiger partial charge < -0.3 is 10.6 Å². The molecule has 4 rings (SSSR count). The minimum absolute atomic E-state index is 0.00768. The fourth-order valence-electron chi connectivity index (χ4n) is 3.30. The Morgan fingerprint density at radius 1 is 1.10 bits per heavy atom. The maximum absolute atomic E-state index is 12.6. The van der Waals surface area contributed by atoms with Crippen molar-refractivity contribution in [3.05, 3.63) is 54.6 Å². The summed E-state index contributed by atoms with van der Waals surface area (Å²) in [6.07, 6.45) is 0.461. The first kappa shape index (κ1) is 20.6. The van der Waals surface area contributed by atoms with Gasteiger partial charge in [-0.1, -0.05) is 42.1 Å². The van der Waals surface area contributed by atoms with Gasteiger partial charge in [-0.2, -0.15) is 0 Å². The number of sulfone groups is 1. The molecule has 3 aromatic rings. The zero-order valence-electron chi connectivity index (χ0n) is 16.4. The van der Waals surface area contributed by atoms with E-state index < -0.39 is 15.1 Å². The lowest BCUT2D eigenvalue weighted by Crippen LogP contribution is -2.40. The summed E-state index contributed by atoms with van der Waals surface area (Å²) in [5, 5.41) is 7.07. The number of amides is 1. The highest BCUT2D eigenvalue weighted by Gasteiger charge is 2.30. The molecule has 1 saturated heterocycles. The highest BCUT2D eigenvalue weighted by Crippen LogP contribution is 2.28. The number of anilines is 2. The van der Waals surface area contributed by atoms with E-state index >= 15 is 0 Å². The van der Waals surface area contributed by atoms with Gasteiger partial charge in [0, 0.05) is 17.1 Å². The summed E-state index contributed by atoms with van der Waals surface area (Å²) < 4.78 is 23.2. The van der Waals surface area contributed by atoms with Crippen LogP contribution in [0.3, 0.4) is 0 Å². The zero-order valence-corrected chi connectivity index (χ0v) is 18.0. The molecule has 2 aromatic carbocycles. The summed E-state index contributed by atoms with van der Waals surface area (Å²) in [6, 6.07) is 17.1. The van der Waals surface area contributed by atoms with Gasteiger partial charge in [0.05, 0.1) is 22.3 Å². The van der Waals surface area contributed by atoms with Crippen LogP contribution in [0.4, 0.5) is 11.5 Å². The number of benzene rings is 2. The number of fused-ring (bicyclic) bond motifs is 1. The van der Waals surface area contributed by atoms with Gasteiger partial charge in [-0.15, -0.1) is 0 Å². The van der Waals surface area contributed by atoms with Crippen LogP contribution in [0.25, 0.3) is 10.9 Å². The maximum atomic E-state index is 12.6. The molecule has 1 fully saturated rings. The summed E-state index contributed by atoms with van der Waals surface area (Å²) in [5.41, 5.74) is 1.69. The Morgan fingerprint density at radius 2 is 1.83 bits per heavy atom. The van der Waals surface area contributed by atoms with E-state index in [4.69, 9.17) is 0 Å². The Balaban J connectivity index is 1.53. The van der Waals surface area contributed by atoms with Crippen LogP contribution in [0.5, 0.6) is 0 Å². The minimum atomic E-state index is -3.04. The second-order valence-electron chi connectivity index (χ2n) is 7.23. The number of carbonyl (C=O) groups excluding carboxylic acids is 1. The van der Waals surface area contributed by atoms with Crippen LogP contribution in [0.1, 0.15) is 13.3 Å². The number of aromatic nitrogens is 2. The lowest BCUT2D eigenvalue weighted by molar-refractivity contribution is -0.120. The van der Waals surface area contributed by atoms with Crippen molar-refractivity contribution in [3.63, 3.8) is 0 Å². The Hall–Kier alpha value is -2.65. The normalized spacial score (nSPS) is 18.8. The summed E-state index contributed by atoms with van der Waals surface area (Å²) >= 11 is 1.25. The Labute approximate surface area is 179 Å². The summed E-state index contributed by atoms with van der Waals surface area (Å²) in [5.74, 6) is 0.593. The molecular formula is C21H22N4O3S2. The molecule has 30 heavy (non-hydrogen) atoms. The first-order chi connectivity index (χ1) is 14.4. The number of rotatable bonds is 6. The lowest BCUT2D eigenvalue weighted by Gasteiger charge is -2.16. The minimum Gasteiger partial charge on any atom is -0.351 e. The van der Waals surface area contributed by atoms with Crippen LogP contribution in [-0.4, -0.2) is 47.1 Å². The van der Waals surface area contributed by atoms with Crippen LogP contribution in [0.15, 0.2) is 59.8 Å². The third kappa shape index (κ3) is 4.91. The van der Waals surface area contributed by atoms with Crippen molar-refractivity contribution < 1.29 is 13.2 Å². The molecule has 1 amide bonds. The summed E-state index contributed by atoms with van der Waals surface area (Å²) in [7, 11) is -3.04. The molecule has 0 aliphatic carbocycles. The average Bonchev–Trinajstić information content (AvgIpc) is 3.07. The lowest BCUT2D eigenvalue weighted by atomic mass is 10.2. The Morgan fingerprint density at radius 3 is 2.57 bits per heavy atom. The monoisotopic (exact) mass is 442 g/mol. The fourth-order valence-corrected chi connectivity index (χ4v) is 5.76. The van der Waals surface area contributed by atoms with E-state index in [2.05, 4.69) is 20.6 Å². The second kappa shape index (κ2) is 8.61. The molecule has 2 N–H and O–H groups in total. The Kier molecular flexibility index (Phi) is 5.92. The van der Waals surface area contributed by atoms with Gasteiger partial charge >= 0.3 is 0 Å². The molecule has 7 nitrogen and oxygen atoms in total. The highest BCUT2D eigenvalue weighted by atomic mass is 32.2. The van der Waals surface area contributed by atoms with E-state index in [-0.39, 0.29) is 23.5 Å². The number of para-hydroxylation sites is 2. The van der Waals surface area contributed by atoms with Crippen LogP contribution in [0, 0.1) is 0 Å². The van der Waals surface area contributed by atoms with Gasteiger partial charge in [0.1, 0.15) is 5.82 Å². The van der Waals surface area contributed by atoms with Gasteiger partial charge in [0.15, 0.2) is 15.0 Å². The third-order valence-corrected chi connectivity index (χ3v) is 7.58. The van der Waals surface area contributed by atoms with E-state index in [1.807, 2.05) is 54.6 Å². The predicted octanol–water partition coefficient (Wildman–Crippen LogP) is 3.16. The van der Waals surface area contributed by atoms with E-state index in [1.165, 1.54) is 11.8 Å². The summed E-state index contributed by atoms with van der Waals surface area (Å²) in [4.78, 5) is 21.8. The van der Waals surface area contributed by atoms with E-state index in [9.17, 15) is 13.2 Å². The zero-order chi connectivity index (χ0) is 21.1. The van der Waals surface area contributed by atoms with Crippen molar-refractivity contribution in [1.82, 2.24) is 15.3 Å². The molecule has 2 atom stereocenters. The largest absolute Gasteiger partial charge is 0.351 e. The van der Waals surface area contributed by atoms with E-state index in [0.717, 1.165) is 16.6 Å².